The molecule has 0 aromatic heterocycles. The van der Waals surface area contributed by atoms with E-state index in [0.717, 1.165) is 12.8 Å². The number of rotatable bonds is 8. The minimum atomic E-state index is -3.21. The van der Waals surface area contributed by atoms with Crippen LogP contribution in [0.25, 0.3) is 0 Å². The molecule has 4 aliphatic carbocycles. The molecule has 0 aromatic carbocycles. The highest BCUT2D eigenvalue weighted by molar-refractivity contribution is 7.53. The summed E-state index contributed by atoms with van der Waals surface area (Å²) in [5, 5.41) is 0. The van der Waals surface area contributed by atoms with Crippen LogP contribution >= 0.6 is 7.60 Å². The molecule has 0 radical (unpaired) electrons. The summed E-state index contributed by atoms with van der Waals surface area (Å²) in [5.74, 6) is 1.30. The number of carbonyl (C=O) groups excluding carboxylic acids is 3. The van der Waals surface area contributed by atoms with Gasteiger partial charge in [0.2, 0.25) is 0 Å². The van der Waals surface area contributed by atoms with Gasteiger partial charge in [-0.3, -0.25) is 18.9 Å². The van der Waals surface area contributed by atoms with Crippen molar-refractivity contribution in [2.45, 2.75) is 71.5 Å². The van der Waals surface area contributed by atoms with E-state index in [4.69, 9.17) is 18.5 Å². The highest BCUT2D eigenvalue weighted by atomic mass is 31.2. The first kappa shape index (κ1) is 23.6. The number of hydrogen-bond acceptors (Lipinski definition) is 8. The summed E-state index contributed by atoms with van der Waals surface area (Å²) in [5.41, 5.74) is -1.35. The molecule has 4 rings (SSSR count). The van der Waals surface area contributed by atoms with Gasteiger partial charge in [-0.25, -0.2) is 0 Å². The second-order valence-electron chi connectivity index (χ2n) is 8.92. The number of fused-ring (bicyclic) bond motifs is 2. The van der Waals surface area contributed by atoms with Gasteiger partial charge < -0.3 is 18.5 Å². The molecule has 0 aromatic rings. The Morgan fingerprint density at radius 3 is 1.77 bits per heavy atom. The first-order valence-corrected chi connectivity index (χ1v) is 12.5. The Bertz CT molecular complexity index is 756. The van der Waals surface area contributed by atoms with Gasteiger partial charge in [0.05, 0.1) is 13.2 Å². The van der Waals surface area contributed by atoms with Crippen LogP contribution in [0.1, 0.15) is 60.3 Å². The van der Waals surface area contributed by atoms with E-state index < -0.39 is 18.8 Å². The topological polar surface area (TPSA) is 105 Å². The average Bonchev–Trinajstić information content (AvgIpc) is 3.51. The fourth-order valence-corrected chi connectivity index (χ4v) is 6.49. The highest BCUT2D eigenvalue weighted by Crippen LogP contribution is 2.61. The Kier molecular flexibility index (Phi) is 6.65. The molecular formula is C21H33O8P. The van der Waals surface area contributed by atoms with E-state index in [1.54, 1.807) is 13.8 Å². The summed E-state index contributed by atoms with van der Waals surface area (Å²) < 4.78 is 33.3. The number of Topliss-reactive ketones (excluding diaryl/α,β-unsaturated/α-hetero) is 2. The first-order chi connectivity index (χ1) is 14.0. The second kappa shape index (κ2) is 8.45. The van der Waals surface area contributed by atoms with Crippen molar-refractivity contribution in [1.82, 2.24) is 0 Å². The Morgan fingerprint density at radius 2 is 1.43 bits per heavy atom. The molecule has 9 heteroatoms. The van der Waals surface area contributed by atoms with Crippen molar-refractivity contribution in [2.24, 2.45) is 23.7 Å². The van der Waals surface area contributed by atoms with E-state index in [9.17, 15) is 18.9 Å². The Labute approximate surface area is 177 Å². The molecule has 4 saturated carbocycles. The third kappa shape index (κ3) is 4.29. The fourth-order valence-electron chi connectivity index (χ4n) is 5.09. The number of carbonyl (C=O) groups is 3. The molecule has 6 unspecified atom stereocenters. The number of ketones is 2. The van der Waals surface area contributed by atoms with Crippen LogP contribution in [-0.4, -0.2) is 48.3 Å². The van der Waals surface area contributed by atoms with Crippen molar-refractivity contribution in [1.29, 1.82) is 0 Å². The summed E-state index contributed by atoms with van der Waals surface area (Å²) in [6, 6.07) is 0. The molecule has 170 valence electrons. The smallest absolute Gasteiger partial charge is 0.356 e. The lowest BCUT2D eigenvalue weighted by atomic mass is 10.1. The van der Waals surface area contributed by atoms with Gasteiger partial charge in [0.1, 0.15) is 11.9 Å². The van der Waals surface area contributed by atoms with Crippen molar-refractivity contribution in [3.8, 4) is 0 Å². The van der Waals surface area contributed by atoms with Crippen molar-refractivity contribution in [3.63, 3.8) is 0 Å². The largest absolute Gasteiger partial charge is 0.451 e. The van der Waals surface area contributed by atoms with Crippen LogP contribution in [0.2, 0.25) is 0 Å². The maximum Gasteiger partial charge on any atom is 0.356 e. The minimum absolute atomic E-state index is 0.121. The third-order valence-corrected chi connectivity index (χ3v) is 8.46. The molecule has 0 heterocycles. The molecule has 0 N–H and O–H groups in total. The molecule has 0 bridgehead atoms. The van der Waals surface area contributed by atoms with E-state index in [2.05, 4.69) is 6.92 Å². The monoisotopic (exact) mass is 444 g/mol. The number of ether oxygens (including phenoxy) is 2. The van der Waals surface area contributed by atoms with Crippen LogP contribution in [0.5, 0.6) is 0 Å². The summed E-state index contributed by atoms with van der Waals surface area (Å²) >= 11 is 0. The van der Waals surface area contributed by atoms with Crippen LogP contribution in [0.3, 0.4) is 0 Å². The highest BCUT2D eigenvalue weighted by Gasteiger charge is 2.69. The third-order valence-electron chi connectivity index (χ3n) is 6.71. The minimum Gasteiger partial charge on any atom is -0.451 e. The van der Waals surface area contributed by atoms with Gasteiger partial charge in [0, 0.05) is 38.0 Å². The zero-order chi connectivity index (χ0) is 22.3. The Balaban J connectivity index is 0.000000184. The predicted octanol–water partition coefficient (Wildman–Crippen LogP) is 3.51. The normalized spacial score (nSPS) is 38.4. The van der Waals surface area contributed by atoms with Gasteiger partial charge in [0.15, 0.2) is 17.2 Å². The van der Waals surface area contributed by atoms with Crippen molar-refractivity contribution < 1.29 is 37.5 Å². The first-order valence-electron chi connectivity index (χ1n) is 10.8. The van der Waals surface area contributed by atoms with E-state index in [0.29, 0.717) is 49.7 Å². The van der Waals surface area contributed by atoms with Gasteiger partial charge in [0.25, 0.3) is 0 Å². The van der Waals surface area contributed by atoms with E-state index >= 15 is 0 Å². The Hall–Kier alpha value is -1.08. The van der Waals surface area contributed by atoms with Crippen molar-refractivity contribution >= 4 is 25.1 Å². The zero-order valence-electron chi connectivity index (χ0n) is 18.5. The average molecular weight is 444 g/mol. The molecule has 0 aliphatic heterocycles. The maximum absolute atomic E-state index is 12.2. The summed E-state index contributed by atoms with van der Waals surface area (Å²) in [6.45, 7) is 9.59. The van der Waals surface area contributed by atoms with Gasteiger partial charge in [-0.05, 0) is 32.1 Å². The molecule has 4 aliphatic rings. The molecule has 30 heavy (non-hydrogen) atoms. The van der Waals surface area contributed by atoms with E-state index in [1.807, 2.05) is 6.92 Å². The Morgan fingerprint density at radius 1 is 0.967 bits per heavy atom. The molecule has 8 nitrogen and oxygen atoms in total. The molecule has 0 amide bonds. The van der Waals surface area contributed by atoms with Crippen LogP contribution < -0.4 is 0 Å². The van der Waals surface area contributed by atoms with Gasteiger partial charge >= 0.3 is 13.6 Å². The molecule has 4 fully saturated rings. The van der Waals surface area contributed by atoms with Gasteiger partial charge in [-0.15, -0.1) is 0 Å². The van der Waals surface area contributed by atoms with Crippen LogP contribution in [-0.2, 0) is 37.5 Å². The second-order valence-corrected chi connectivity index (χ2v) is 10.9. The standard InChI is InChI=1S/C12H21O5P.C9H12O3/c1-4-16-18(14,17-5-2)8-15-12-7-10(12)9(3)6-11(12)13;1-5-3-8(11)9(4-7(5)9)12-6(2)10/h9-10H,4-8H2,1-3H3;5,7H,3-4H2,1-2H3. The summed E-state index contributed by atoms with van der Waals surface area (Å²) in [6.07, 6.45) is 2.54. The lowest BCUT2D eigenvalue weighted by Crippen LogP contribution is -2.26. The van der Waals surface area contributed by atoms with E-state index in [1.165, 1.54) is 6.92 Å². The van der Waals surface area contributed by atoms with Crippen LogP contribution in [0.15, 0.2) is 0 Å². The number of hydrogen-bond donors (Lipinski definition) is 0. The van der Waals surface area contributed by atoms with E-state index in [-0.39, 0.29) is 23.9 Å². The summed E-state index contributed by atoms with van der Waals surface area (Å²) in [7, 11) is -3.21. The lowest BCUT2D eigenvalue weighted by Gasteiger charge is -2.20. The fraction of sp³-hybridized carbons (Fsp3) is 0.857. The molecule has 6 atom stereocenters. The summed E-state index contributed by atoms with van der Waals surface area (Å²) in [4.78, 5) is 34.0. The molecule has 0 spiro atoms. The maximum atomic E-state index is 12.2. The van der Waals surface area contributed by atoms with Crippen molar-refractivity contribution in [2.75, 3.05) is 19.6 Å². The lowest BCUT2D eigenvalue weighted by molar-refractivity contribution is -0.155. The predicted molar refractivity (Wildman–Crippen MR) is 108 cm³/mol. The molecule has 0 saturated heterocycles. The number of esters is 1. The zero-order valence-corrected chi connectivity index (χ0v) is 19.4. The quantitative estimate of drug-likeness (QED) is 0.414. The van der Waals surface area contributed by atoms with Crippen molar-refractivity contribution in [3.05, 3.63) is 0 Å². The van der Waals surface area contributed by atoms with Crippen LogP contribution in [0.4, 0.5) is 0 Å². The van der Waals surface area contributed by atoms with Crippen LogP contribution in [0, 0.1) is 23.7 Å². The van der Waals surface area contributed by atoms with Gasteiger partial charge in [-0.1, -0.05) is 13.8 Å². The molecular weight excluding hydrogens is 411 g/mol. The van der Waals surface area contributed by atoms with Gasteiger partial charge in [-0.2, -0.15) is 0 Å². The SMILES string of the molecule is CC(=O)OC12CC1C(C)CC2=O.CCOP(=O)(COC12CC1C(C)CC2=O)OCC.